The van der Waals surface area contributed by atoms with Gasteiger partial charge in [-0.15, -0.1) is 0 Å². The summed E-state index contributed by atoms with van der Waals surface area (Å²) in [4.78, 5) is 2.26. The van der Waals surface area contributed by atoms with Crippen LogP contribution in [0.5, 0.6) is 0 Å². The maximum Gasteiger partial charge on any atom is 0.150 e. The lowest BCUT2D eigenvalue weighted by atomic mass is 10.00. The van der Waals surface area contributed by atoms with Crippen molar-refractivity contribution >= 4 is 11.5 Å². The summed E-state index contributed by atoms with van der Waals surface area (Å²) in [5.74, 6) is 1.77. The highest BCUT2D eigenvalue weighted by Crippen LogP contribution is 2.27. The van der Waals surface area contributed by atoms with Gasteiger partial charge >= 0.3 is 0 Å². The Morgan fingerprint density at radius 3 is 2.74 bits per heavy atom. The van der Waals surface area contributed by atoms with Crippen molar-refractivity contribution in [2.24, 2.45) is 5.92 Å². The number of rotatable bonds is 5. The first-order valence-electron chi connectivity index (χ1n) is 7.25. The summed E-state index contributed by atoms with van der Waals surface area (Å²) in [7, 11) is 2.12. The van der Waals surface area contributed by atoms with Crippen LogP contribution in [0.4, 0.5) is 11.5 Å². The van der Waals surface area contributed by atoms with Crippen molar-refractivity contribution in [2.75, 3.05) is 37.4 Å². The highest BCUT2D eigenvalue weighted by Gasteiger charge is 2.20. The minimum atomic E-state index is 0.698. The molecule has 0 atom stereocenters. The van der Waals surface area contributed by atoms with Gasteiger partial charge in [-0.25, -0.2) is 4.68 Å². The molecule has 0 saturated carbocycles. The number of hydrogen-bond donors (Lipinski definition) is 1. The molecule has 1 aromatic heterocycles. The number of aromatic nitrogens is 2. The molecule has 1 aliphatic rings. The van der Waals surface area contributed by atoms with Crippen LogP contribution in [-0.2, 0) is 11.3 Å². The molecule has 2 rings (SSSR count). The van der Waals surface area contributed by atoms with E-state index < -0.39 is 0 Å². The Kier molecular flexibility index (Phi) is 4.69. The second kappa shape index (κ2) is 6.28. The monoisotopic (exact) mass is 266 g/mol. The molecule has 5 nitrogen and oxygen atoms in total. The van der Waals surface area contributed by atoms with Crippen molar-refractivity contribution in [1.29, 1.82) is 0 Å². The van der Waals surface area contributed by atoms with E-state index in [1.165, 1.54) is 0 Å². The van der Waals surface area contributed by atoms with Crippen molar-refractivity contribution in [3.8, 4) is 0 Å². The zero-order valence-electron chi connectivity index (χ0n) is 12.4. The lowest BCUT2D eigenvalue weighted by Gasteiger charge is -2.29. The summed E-state index contributed by atoms with van der Waals surface area (Å²) in [6.07, 6.45) is 3.36. The first kappa shape index (κ1) is 14.2. The number of aryl methyl sites for hydroxylation is 2. The molecule has 0 aromatic carbocycles. The van der Waals surface area contributed by atoms with Gasteiger partial charge in [-0.1, -0.05) is 6.92 Å². The van der Waals surface area contributed by atoms with E-state index in [1.54, 1.807) is 0 Å². The number of nitrogens with two attached hydrogens (primary N) is 1. The zero-order valence-corrected chi connectivity index (χ0v) is 12.4. The van der Waals surface area contributed by atoms with Gasteiger partial charge in [0, 0.05) is 33.4 Å². The van der Waals surface area contributed by atoms with Crippen molar-refractivity contribution in [3.63, 3.8) is 0 Å². The Balaban J connectivity index is 2.10. The lowest BCUT2D eigenvalue weighted by molar-refractivity contribution is 0.0684. The molecule has 0 radical (unpaired) electrons. The Hall–Kier alpha value is -1.23. The molecule has 0 aliphatic carbocycles. The normalized spacial score (nSPS) is 16.8. The van der Waals surface area contributed by atoms with E-state index in [9.17, 15) is 0 Å². The predicted octanol–water partition coefficient (Wildman–Crippen LogP) is 2.05. The molecular formula is C14H26N4O. The molecule has 0 bridgehead atoms. The topological polar surface area (TPSA) is 56.3 Å². The van der Waals surface area contributed by atoms with Crippen molar-refractivity contribution in [1.82, 2.24) is 9.78 Å². The lowest BCUT2D eigenvalue weighted by Crippen LogP contribution is -2.31. The summed E-state index contributed by atoms with van der Waals surface area (Å²) in [5.41, 5.74) is 7.94. The summed E-state index contributed by atoms with van der Waals surface area (Å²) in [6.45, 7) is 7.87. The molecule has 1 saturated heterocycles. The molecular weight excluding hydrogens is 240 g/mol. The molecule has 2 heterocycles. The van der Waals surface area contributed by atoms with Crippen LogP contribution < -0.4 is 10.6 Å². The Labute approximate surface area is 115 Å². The summed E-state index contributed by atoms with van der Waals surface area (Å²) < 4.78 is 7.46. The van der Waals surface area contributed by atoms with Gasteiger partial charge in [-0.05, 0) is 32.1 Å². The van der Waals surface area contributed by atoms with E-state index >= 15 is 0 Å². The smallest absolute Gasteiger partial charge is 0.150 e. The zero-order chi connectivity index (χ0) is 13.8. The fourth-order valence-corrected chi connectivity index (χ4v) is 2.76. The number of nitrogens with zero attached hydrogens (tertiary/aromatic N) is 3. The Bertz CT molecular complexity index is 410. The summed E-state index contributed by atoms with van der Waals surface area (Å²) >= 11 is 0. The minimum Gasteiger partial charge on any atom is -0.394 e. The van der Waals surface area contributed by atoms with Crippen molar-refractivity contribution < 1.29 is 4.74 Å². The van der Waals surface area contributed by atoms with Crippen LogP contribution in [0.25, 0.3) is 0 Å². The van der Waals surface area contributed by atoms with Gasteiger partial charge in [0.1, 0.15) is 5.82 Å². The van der Waals surface area contributed by atoms with E-state index in [2.05, 4.69) is 24.0 Å². The third kappa shape index (κ3) is 3.21. The van der Waals surface area contributed by atoms with Crippen LogP contribution in [0.15, 0.2) is 0 Å². The van der Waals surface area contributed by atoms with Gasteiger partial charge in [0.25, 0.3) is 0 Å². The van der Waals surface area contributed by atoms with Gasteiger partial charge in [-0.3, -0.25) is 0 Å². The van der Waals surface area contributed by atoms with Crippen molar-refractivity contribution in [2.45, 2.75) is 39.7 Å². The van der Waals surface area contributed by atoms with Gasteiger partial charge < -0.3 is 15.4 Å². The third-order valence-electron chi connectivity index (χ3n) is 3.82. The van der Waals surface area contributed by atoms with E-state index in [4.69, 9.17) is 10.5 Å². The van der Waals surface area contributed by atoms with E-state index in [0.717, 1.165) is 62.8 Å². The maximum atomic E-state index is 6.19. The molecule has 108 valence electrons. The van der Waals surface area contributed by atoms with Crippen LogP contribution in [-0.4, -0.2) is 36.6 Å². The Morgan fingerprint density at radius 2 is 2.11 bits per heavy atom. The summed E-state index contributed by atoms with van der Waals surface area (Å²) in [5, 5.41) is 4.54. The van der Waals surface area contributed by atoms with Gasteiger partial charge in [0.2, 0.25) is 0 Å². The number of anilines is 2. The number of hydrogen-bond acceptors (Lipinski definition) is 4. The van der Waals surface area contributed by atoms with Gasteiger partial charge in [0.05, 0.1) is 11.4 Å². The Morgan fingerprint density at radius 1 is 1.42 bits per heavy atom. The molecule has 0 spiro atoms. The van der Waals surface area contributed by atoms with E-state index in [0.29, 0.717) is 5.92 Å². The third-order valence-corrected chi connectivity index (χ3v) is 3.82. The van der Waals surface area contributed by atoms with Gasteiger partial charge in [0.15, 0.2) is 0 Å². The second-order valence-corrected chi connectivity index (χ2v) is 5.48. The van der Waals surface area contributed by atoms with Crippen molar-refractivity contribution in [3.05, 3.63) is 5.69 Å². The molecule has 5 heteroatoms. The average molecular weight is 266 g/mol. The van der Waals surface area contributed by atoms with Crippen LogP contribution in [0.1, 0.15) is 31.9 Å². The molecule has 1 aromatic rings. The summed E-state index contributed by atoms with van der Waals surface area (Å²) in [6, 6.07) is 0. The molecule has 1 fully saturated rings. The minimum absolute atomic E-state index is 0.698. The molecule has 0 unspecified atom stereocenters. The highest BCUT2D eigenvalue weighted by atomic mass is 16.5. The number of nitrogen functional groups attached to an aromatic ring is 1. The molecule has 2 N–H and O–H groups in total. The standard InChI is InChI=1S/C14H26N4O/c1-4-7-18-14(13(15)11(2)16-18)17(3)10-12-5-8-19-9-6-12/h12H,4-10,15H2,1-3H3. The van der Waals surface area contributed by atoms with Crippen LogP contribution in [0, 0.1) is 12.8 Å². The van der Waals surface area contributed by atoms with Crippen LogP contribution in [0.2, 0.25) is 0 Å². The predicted molar refractivity (Wildman–Crippen MR) is 78.5 cm³/mol. The fraction of sp³-hybridized carbons (Fsp3) is 0.786. The molecule has 19 heavy (non-hydrogen) atoms. The average Bonchev–Trinajstić information content (AvgIpc) is 2.66. The van der Waals surface area contributed by atoms with E-state index in [1.807, 2.05) is 11.6 Å². The van der Waals surface area contributed by atoms with Crippen LogP contribution >= 0.6 is 0 Å². The first-order valence-corrected chi connectivity index (χ1v) is 7.25. The number of ether oxygens (including phenoxy) is 1. The largest absolute Gasteiger partial charge is 0.394 e. The SMILES string of the molecule is CCCn1nc(C)c(N)c1N(C)CC1CCOCC1. The quantitative estimate of drug-likeness (QED) is 0.886. The molecule has 0 amide bonds. The second-order valence-electron chi connectivity index (χ2n) is 5.48. The maximum absolute atomic E-state index is 6.19. The molecule has 1 aliphatic heterocycles. The highest BCUT2D eigenvalue weighted by molar-refractivity contribution is 5.65. The van der Waals surface area contributed by atoms with Crippen LogP contribution in [0.3, 0.4) is 0 Å². The van der Waals surface area contributed by atoms with E-state index in [-0.39, 0.29) is 0 Å². The fourth-order valence-electron chi connectivity index (χ4n) is 2.76. The first-order chi connectivity index (χ1) is 9.13. The van der Waals surface area contributed by atoms with Gasteiger partial charge in [-0.2, -0.15) is 5.10 Å².